The van der Waals surface area contributed by atoms with Crippen LogP contribution in [0.2, 0.25) is 0 Å². The predicted molar refractivity (Wildman–Crippen MR) is 170 cm³/mol. The van der Waals surface area contributed by atoms with Crippen molar-refractivity contribution in [2.75, 3.05) is 39.6 Å². The van der Waals surface area contributed by atoms with Crippen LogP contribution in [0, 0.1) is 0 Å². The fourth-order valence-corrected chi connectivity index (χ4v) is 4.84. The van der Waals surface area contributed by atoms with Crippen LogP contribution < -0.4 is 0 Å². The third-order valence-electron chi connectivity index (χ3n) is 7.29. The molecule has 0 aromatic heterocycles. The van der Waals surface area contributed by atoms with Crippen molar-refractivity contribution in [1.29, 1.82) is 0 Å². The van der Waals surface area contributed by atoms with Crippen molar-refractivity contribution in [3.05, 3.63) is 71.8 Å². The van der Waals surface area contributed by atoms with E-state index in [1.54, 1.807) is 0 Å². The summed E-state index contributed by atoms with van der Waals surface area (Å²) in [7, 11) is 0. The molecule has 0 fully saturated rings. The summed E-state index contributed by atoms with van der Waals surface area (Å²) in [6, 6.07) is 20.0. The molecule has 0 aliphatic heterocycles. The number of hydrogen-bond donors (Lipinski definition) is 2. The van der Waals surface area contributed by atoms with E-state index < -0.39 is 12.2 Å². The molecule has 0 heterocycles. The Morgan fingerprint density at radius 1 is 0.381 bits per heavy atom. The smallest absolute Gasteiger partial charge is 0.101 e. The number of unbranched alkanes of at least 4 members (excludes halogenated alkanes) is 13. The fourth-order valence-electron chi connectivity index (χ4n) is 4.84. The Morgan fingerprint density at radius 2 is 0.667 bits per heavy atom. The van der Waals surface area contributed by atoms with Crippen LogP contribution in [0.25, 0.3) is 0 Å². The van der Waals surface area contributed by atoms with Gasteiger partial charge < -0.3 is 29.2 Å². The second-order valence-electron chi connectivity index (χ2n) is 11.4. The van der Waals surface area contributed by atoms with Crippen molar-refractivity contribution < 1.29 is 29.2 Å². The first-order valence-electron chi connectivity index (χ1n) is 16.5. The second-order valence-corrected chi connectivity index (χ2v) is 11.4. The third kappa shape index (κ3) is 21.8. The van der Waals surface area contributed by atoms with Crippen LogP contribution in [-0.2, 0) is 32.2 Å². The number of hydrogen-bond acceptors (Lipinski definition) is 6. The molecule has 0 amide bonds. The van der Waals surface area contributed by atoms with Crippen LogP contribution in [0.4, 0.5) is 0 Å². The van der Waals surface area contributed by atoms with Crippen LogP contribution in [-0.4, -0.2) is 62.1 Å². The van der Waals surface area contributed by atoms with Gasteiger partial charge in [-0.05, 0) is 24.0 Å². The van der Waals surface area contributed by atoms with E-state index in [1.165, 1.54) is 77.0 Å². The van der Waals surface area contributed by atoms with E-state index >= 15 is 0 Å². The molecular formula is C36H58O6. The lowest BCUT2D eigenvalue weighted by atomic mass is 10.0. The number of aliphatic hydroxyl groups is 2. The zero-order valence-corrected chi connectivity index (χ0v) is 26.0. The van der Waals surface area contributed by atoms with Gasteiger partial charge in [0.15, 0.2) is 0 Å². The standard InChI is InChI=1S/C36H58O6/c37-35(31-41-27-33-21-15-13-16-22-33)29-39-25-19-11-9-7-5-3-1-2-4-6-8-10-12-20-26-40-30-36(38)32-42-28-34-23-17-14-18-24-34/h13-18,21-24,35-38H,1-12,19-20,25-32H2. The molecule has 2 rings (SSSR count). The zero-order chi connectivity index (χ0) is 29.8. The van der Waals surface area contributed by atoms with E-state index in [0.717, 1.165) is 37.2 Å². The molecule has 0 aliphatic carbocycles. The lowest BCUT2D eigenvalue weighted by Gasteiger charge is -2.12. The summed E-state index contributed by atoms with van der Waals surface area (Å²) < 4.78 is 22.3. The Kier molecular flexibility index (Phi) is 23.2. The number of benzene rings is 2. The van der Waals surface area contributed by atoms with Gasteiger partial charge in [-0.1, -0.05) is 138 Å². The van der Waals surface area contributed by atoms with Crippen molar-refractivity contribution in [2.45, 2.75) is 115 Å². The predicted octanol–water partition coefficient (Wildman–Crippen LogP) is 7.64. The van der Waals surface area contributed by atoms with Gasteiger partial charge in [-0.3, -0.25) is 0 Å². The monoisotopic (exact) mass is 586 g/mol. The summed E-state index contributed by atoms with van der Waals surface area (Å²) in [5.41, 5.74) is 2.23. The SMILES string of the molecule is OC(COCCCCCCCCCCCCCCCCOCC(O)COCc1ccccc1)COCc1ccccc1. The van der Waals surface area contributed by atoms with Crippen LogP contribution in [0.15, 0.2) is 60.7 Å². The molecule has 2 unspecified atom stereocenters. The molecule has 0 aliphatic rings. The summed E-state index contributed by atoms with van der Waals surface area (Å²) in [5.74, 6) is 0. The van der Waals surface area contributed by atoms with Gasteiger partial charge in [0.05, 0.1) is 39.6 Å². The average molecular weight is 587 g/mol. The molecule has 2 N–H and O–H groups in total. The lowest BCUT2D eigenvalue weighted by Crippen LogP contribution is -2.22. The van der Waals surface area contributed by atoms with Crippen LogP contribution in [0.3, 0.4) is 0 Å². The van der Waals surface area contributed by atoms with Gasteiger partial charge in [0.1, 0.15) is 12.2 Å². The molecule has 42 heavy (non-hydrogen) atoms. The molecule has 0 saturated carbocycles. The maximum atomic E-state index is 9.97. The highest BCUT2D eigenvalue weighted by Crippen LogP contribution is 2.13. The van der Waals surface area contributed by atoms with E-state index in [4.69, 9.17) is 18.9 Å². The molecule has 238 valence electrons. The van der Waals surface area contributed by atoms with Crippen molar-refractivity contribution in [1.82, 2.24) is 0 Å². The van der Waals surface area contributed by atoms with Crippen LogP contribution in [0.5, 0.6) is 0 Å². The van der Waals surface area contributed by atoms with Gasteiger partial charge in [0, 0.05) is 13.2 Å². The highest BCUT2D eigenvalue weighted by molar-refractivity contribution is 5.14. The maximum absolute atomic E-state index is 9.97. The Bertz CT molecular complexity index is 749. The van der Waals surface area contributed by atoms with E-state index in [-0.39, 0.29) is 0 Å². The minimum atomic E-state index is -0.559. The number of aliphatic hydroxyl groups excluding tert-OH is 2. The molecule has 0 saturated heterocycles. The molecule has 0 spiro atoms. The van der Waals surface area contributed by atoms with Gasteiger partial charge in [0.2, 0.25) is 0 Å². The fraction of sp³-hybridized carbons (Fsp3) is 0.667. The van der Waals surface area contributed by atoms with E-state index in [9.17, 15) is 10.2 Å². The Morgan fingerprint density at radius 3 is 1.00 bits per heavy atom. The molecule has 0 radical (unpaired) electrons. The van der Waals surface area contributed by atoms with Gasteiger partial charge in [-0.2, -0.15) is 0 Å². The van der Waals surface area contributed by atoms with E-state index in [1.807, 2.05) is 60.7 Å². The Labute approximate surface area is 255 Å². The van der Waals surface area contributed by atoms with Gasteiger partial charge in [0.25, 0.3) is 0 Å². The van der Waals surface area contributed by atoms with Crippen molar-refractivity contribution >= 4 is 0 Å². The van der Waals surface area contributed by atoms with Crippen molar-refractivity contribution in [3.8, 4) is 0 Å². The van der Waals surface area contributed by atoms with Crippen LogP contribution >= 0.6 is 0 Å². The molecule has 6 heteroatoms. The van der Waals surface area contributed by atoms with Gasteiger partial charge >= 0.3 is 0 Å². The molecule has 2 atom stereocenters. The molecule has 0 bridgehead atoms. The summed E-state index contributed by atoms with van der Waals surface area (Å²) in [6.45, 7) is 3.80. The first kappa shape index (κ1) is 36.4. The summed E-state index contributed by atoms with van der Waals surface area (Å²) in [5, 5.41) is 19.9. The summed E-state index contributed by atoms with van der Waals surface area (Å²) >= 11 is 0. The van der Waals surface area contributed by atoms with Crippen molar-refractivity contribution in [3.63, 3.8) is 0 Å². The molecule has 6 nitrogen and oxygen atoms in total. The van der Waals surface area contributed by atoms with Crippen molar-refractivity contribution in [2.24, 2.45) is 0 Å². The van der Waals surface area contributed by atoms with Gasteiger partial charge in [-0.15, -0.1) is 0 Å². The first-order chi connectivity index (χ1) is 20.7. The molecule has 2 aromatic rings. The normalized spacial score (nSPS) is 12.9. The lowest BCUT2D eigenvalue weighted by molar-refractivity contribution is -0.0239. The Hall–Kier alpha value is -1.80. The third-order valence-corrected chi connectivity index (χ3v) is 7.29. The zero-order valence-electron chi connectivity index (χ0n) is 26.0. The summed E-state index contributed by atoms with van der Waals surface area (Å²) in [4.78, 5) is 0. The number of ether oxygens (including phenoxy) is 4. The minimum absolute atomic E-state index is 0.310. The Balaban J connectivity index is 1.20. The minimum Gasteiger partial charge on any atom is -0.388 e. The largest absolute Gasteiger partial charge is 0.388 e. The topological polar surface area (TPSA) is 77.4 Å². The average Bonchev–Trinajstić information content (AvgIpc) is 3.01. The highest BCUT2D eigenvalue weighted by atomic mass is 16.5. The summed E-state index contributed by atoms with van der Waals surface area (Å²) in [6.07, 6.45) is 16.7. The first-order valence-corrected chi connectivity index (χ1v) is 16.5. The maximum Gasteiger partial charge on any atom is 0.101 e. The molecular weight excluding hydrogens is 528 g/mol. The van der Waals surface area contributed by atoms with E-state index in [2.05, 4.69) is 0 Å². The molecule has 2 aromatic carbocycles. The van der Waals surface area contributed by atoms with E-state index in [0.29, 0.717) is 39.6 Å². The van der Waals surface area contributed by atoms with Gasteiger partial charge in [-0.25, -0.2) is 0 Å². The van der Waals surface area contributed by atoms with Crippen LogP contribution in [0.1, 0.15) is 101 Å². The second kappa shape index (κ2) is 26.8. The number of rotatable bonds is 29. The quantitative estimate of drug-likeness (QED) is 0.0954. The highest BCUT2D eigenvalue weighted by Gasteiger charge is 2.06.